The van der Waals surface area contributed by atoms with Gasteiger partial charge in [0, 0.05) is 40.6 Å². The van der Waals surface area contributed by atoms with E-state index in [0.717, 1.165) is 37.1 Å². The third-order valence-corrected chi connectivity index (χ3v) is 12.0. The molecule has 0 N–H and O–H groups in total. The molecule has 2 unspecified atom stereocenters. The molecular weight excluding hydrogens is 575 g/mol. The first-order valence-electron chi connectivity index (χ1n) is 16.9. The molecule has 7 rings (SSSR count). The Labute approximate surface area is 276 Å². The fourth-order valence-corrected chi connectivity index (χ4v) is 9.46. The number of pyridine rings is 3. The minimum absolute atomic E-state index is 0.201. The predicted molar refractivity (Wildman–Crippen MR) is 194 cm³/mol. The van der Waals surface area contributed by atoms with E-state index in [9.17, 15) is 0 Å². The van der Waals surface area contributed by atoms with Crippen molar-refractivity contribution in [2.75, 3.05) is 0 Å². The zero-order valence-corrected chi connectivity index (χ0v) is 29.3. The number of rotatable bonds is 3. The zero-order chi connectivity index (χ0) is 32.2. The van der Waals surface area contributed by atoms with Gasteiger partial charge in [-0.05, 0) is 71.7 Å². The number of allylic oxidation sites excluding steroid dienone is 1. The van der Waals surface area contributed by atoms with Crippen LogP contribution < -0.4 is 14.3 Å². The van der Waals surface area contributed by atoms with Crippen LogP contribution in [0.1, 0.15) is 62.3 Å². The molecule has 2 aliphatic rings. The van der Waals surface area contributed by atoms with Crippen molar-refractivity contribution in [3.63, 3.8) is 0 Å². The van der Waals surface area contributed by atoms with Gasteiger partial charge in [0.1, 0.15) is 5.69 Å². The summed E-state index contributed by atoms with van der Waals surface area (Å²) in [5.74, 6) is 0.327. The molecule has 5 heterocycles. The minimum Gasteiger partial charge on any atom is -0.250 e. The summed E-state index contributed by atoms with van der Waals surface area (Å²) in [7, 11) is -1.66. The fourth-order valence-electron chi connectivity index (χ4n) is 7.81. The highest BCUT2D eigenvalue weighted by molar-refractivity contribution is 6.89. The van der Waals surface area contributed by atoms with Gasteiger partial charge in [-0.15, -0.1) is 0 Å². The highest BCUT2D eigenvalue weighted by Gasteiger charge is 2.44. The average molecular weight is 622 g/mol. The molecule has 0 spiro atoms. The van der Waals surface area contributed by atoms with Crippen LogP contribution in [-0.2, 0) is 12.8 Å². The molecule has 2 aromatic carbocycles. The Hall–Kier alpha value is -4.15. The van der Waals surface area contributed by atoms with Gasteiger partial charge in [-0.3, -0.25) is 0 Å². The lowest BCUT2D eigenvalue weighted by Gasteiger charge is -2.33. The molecule has 4 heteroatoms. The largest absolute Gasteiger partial charge is 0.250 e. The van der Waals surface area contributed by atoms with Gasteiger partial charge >= 0.3 is 0 Å². The van der Waals surface area contributed by atoms with E-state index >= 15 is 0 Å². The van der Waals surface area contributed by atoms with Crippen molar-refractivity contribution < 1.29 is 9.13 Å². The Bertz CT molecular complexity index is 1940. The van der Waals surface area contributed by atoms with Crippen LogP contribution in [0.15, 0.2) is 110 Å². The molecule has 3 nitrogen and oxygen atoms in total. The molecule has 0 saturated heterocycles. The van der Waals surface area contributed by atoms with Crippen LogP contribution in [-0.4, -0.2) is 13.1 Å². The number of hydrogen-bond donors (Lipinski definition) is 0. The normalized spacial score (nSPS) is 17.7. The molecule has 0 bridgehead atoms. The van der Waals surface area contributed by atoms with Crippen LogP contribution in [0.3, 0.4) is 0 Å². The number of fused-ring (bicyclic) bond motifs is 9. The van der Waals surface area contributed by atoms with Crippen LogP contribution in [0, 0.1) is 5.41 Å². The number of hydrogen-bond acceptors (Lipinski definition) is 1. The summed E-state index contributed by atoms with van der Waals surface area (Å²) in [4.78, 5) is 5.08. The van der Waals surface area contributed by atoms with Crippen molar-refractivity contribution in [2.45, 2.75) is 78.1 Å². The SMILES string of the molecule is C=C1CC2C(CCc3ccccc3-c3ccc(-c4ccccc4)c[n+]31)c1cccnc1-c1cc(CC(C)(C)C)c([Si](C)(C)C)c[n+]12. The number of nitrogens with zero attached hydrogens (tertiary/aromatic N) is 3. The van der Waals surface area contributed by atoms with Gasteiger partial charge in [-0.25, -0.2) is 4.98 Å². The number of aryl methyl sites for hydroxylation is 1. The summed E-state index contributed by atoms with van der Waals surface area (Å²) in [5.41, 5.74) is 12.9. The molecule has 0 radical (unpaired) electrons. The van der Waals surface area contributed by atoms with E-state index < -0.39 is 8.07 Å². The average Bonchev–Trinajstić information content (AvgIpc) is 3.03. The maximum absolute atomic E-state index is 5.08. The minimum atomic E-state index is -1.66. The third kappa shape index (κ3) is 5.68. The van der Waals surface area contributed by atoms with Gasteiger partial charge in [0.05, 0.1) is 14.5 Å². The molecular formula is C42H47N3Si+2. The Morgan fingerprint density at radius 2 is 1.61 bits per heavy atom. The van der Waals surface area contributed by atoms with Crippen molar-refractivity contribution in [1.82, 2.24) is 4.98 Å². The van der Waals surface area contributed by atoms with Gasteiger partial charge in [0.2, 0.25) is 11.4 Å². The van der Waals surface area contributed by atoms with E-state index in [-0.39, 0.29) is 11.5 Å². The second kappa shape index (κ2) is 11.6. The molecule has 232 valence electrons. The van der Waals surface area contributed by atoms with E-state index in [4.69, 9.17) is 11.6 Å². The summed E-state index contributed by atoms with van der Waals surface area (Å²) < 4.78 is 5.01. The first-order valence-corrected chi connectivity index (χ1v) is 20.4. The lowest BCUT2D eigenvalue weighted by molar-refractivity contribution is -0.719. The lowest BCUT2D eigenvalue weighted by Crippen LogP contribution is -2.55. The van der Waals surface area contributed by atoms with Gasteiger partial charge in [0.15, 0.2) is 24.1 Å². The molecule has 0 amide bonds. The van der Waals surface area contributed by atoms with Crippen LogP contribution in [0.2, 0.25) is 19.6 Å². The fraction of sp³-hybridized carbons (Fsp3) is 0.310. The van der Waals surface area contributed by atoms with E-state index in [0.29, 0.717) is 5.92 Å². The summed E-state index contributed by atoms with van der Waals surface area (Å²) in [6.07, 6.45) is 10.8. The zero-order valence-electron chi connectivity index (χ0n) is 28.3. The van der Waals surface area contributed by atoms with Crippen LogP contribution in [0.4, 0.5) is 0 Å². The maximum Gasteiger partial charge on any atom is 0.231 e. The smallest absolute Gasteiger partial charge is 0.231 e. The third-order valence-electron chi connectivity index (χ3n) is 9.89. The Balaban J connectivity index is 1.44. The summed E-state index contributed by atoms with van der Waals surface area (Å²) in [5, 5.41) is 1.57. The molecule has 2 aliphatic heterocycles. The van der Waals surface area contributed by atoms with Crippen LogP contribution in [0.5, 0.6) is 0 Å². The first kappa shape index (κ1) is 30.5. The monoisotopic (exact) mass is 621 g/mol. The Kier molecular flexibility index (Phi) is 7.68. The molecule has 2 atom stereocenters. The highest BCUT2D eigenvalue weighted by atomic mass is 28.3. The van der Waals surface area contributed by atoms with Crippen molar-refractivity contribution in [2.24, 2.45) is 5.41 Å². The quantitative estimate of drug-likeness (QED) is 0.146. The molecule has 0 aliphatic carbocycles. The molecule has 0 fully saturated rings. The van der Waals surface area contributed by atoms with Crippen molar-refractivity contribution in [1.29, 1.82) is 0 Å². The van der Waals surface area contributed by atoms with E-state index in [1.807, 2.05) is 6.20 Å². The molecule has 0 saturated carbocycles. The van der Waals surface area contributed by atoms with Crippen LogP contribution in [0.25, 0.3) is 39.5 Å². The number of aromatic nitrogens is 3. The molecule has 3 aromatic heterocycles. The van der Waals surface area contributed by atoms with Gasteiger partial charge in [-0.1, -0.05) is 95.0 Å². The van der Waals surface area contributed by atoms with Crippen molar-refractivity contribution in [3.8, 4) is 33.8 Å². The maximum atomic E-state index is 5.08. The van der Waals surface area contributed by atoms with Crippen molar-refractivity contribution in [3.05, 3.63) is 127 Å². The topological polar surface area (TPSA) is 20.6 Å². The van der Waals surface area contributed by atoms with Crippen molar-refractivity contribution >= 4 is 19.0 Å². The van der Waals surface area contributed by atoms with Gasteiger partial charge in [0.25, 0.3) is 0 Å². The summed E-state index contributed by atoms with van der Waals surface area (Å²) in [6.45, 7) is 19.4. The van der Waals surface area contributed by atoms with Crippen LogP contribution >= 0.6 is 0 Å². The van der Waals surface area contributed by atoms with Gasteiger partial charge in [-0.2, -0.15) is 9.13 Å². The van der Waals surface area contributed by atoms with E-state index in [1.54, 1.807) is 5.19 Å². The summed E-state index contributed by atoms with van der Waals surface area (Å²) in [6, 6.07) is 31.5. The highest BCUT2D eigenvalue weighted by Crippen LogP contribution is 2.43. The standard InChI is InChI=1S/C42H47N3Si/c1-29-24-38-35(21-19-31-16-11-12-17-34(31)37-22-20-32(27-44(29)37)30-14-9-8-10-15-30)36-18-13-23-43-41(36)39-25-33(26-42(2,3)4)40(28-45(38)39)46(5,6)7/h8-18,20,22-23,25,27-28,35,38H,1,19,21,24,26H2,2-7H3/q+2. The first-order chi connectivity index (χ1) is 22.0. The molecule has 5 aromatic rings. The second-order valence-corrected chi connectivity index (χ2v) is 20.7. The van der Waals surface area contributed by atoms with E-state index in [2.05, 4.69) is 147 Å². The number of benzene rings is 2. The second-order valence-electron chi connectivity index (χ2n) is 15.6. The predicted octanol–water partition coefficient (Wildman–Crippen LogP) is 8.94. The van der Waals surface area contributed by atoms with E-state index in [1.165, 1.54) is 44.8 Å². The Morgan fingerprint density at radius 3 is 2.37 bits per heavy atom. The molecule has 46 heavy (non-hydrogen) atoms. The Morgan fingerprint density at radius 1 is 0.848 bits per heavy atom. The summed E-state index contributed by atoms with van der Waals surface area (Å²) >= 11 is 0. The lowest BCUT2D eigenvalue weighted by atomic mass is 9.78. The van der Waals surface area contributed by atoms with Gasteiger partial charge < -0.3 is 0 Å².